The highest BCUT2D eigenvalue weighted by Gasteiger charge is 2.39. The molecule has 2 aliphatic heterocycles. The van der Waals surface area contributed by atoms with Gasteiger partial charge in [-0.25, -0.2) is 8.42 Å². The summed E-state index contributed by atoms with van der Waals surface area (Å²) < 4.78 is 24.6. The lowest BCUT2D eigenvalue weighted by atomic mass is 9.77. The lowest BCUT2D eigenvalue weighted by Crippen LogP contribution is -2.44. The van der Waals surface area contributed by atoms with E-state index in [0.717, 1.165) is 33.5 Å². The molecule has 0 radical (unpaired) electrons. The van der Waals surface area contributed by atoms with Crippen molar-refractivity contribution in [3.05, 3.63) is 81.4 Å². The number of amides is 1. The summed E-state index contributed by atoms with van der Waals surface area (Å²) in [6.45, 7) is 5.69. The number of likely N-dealkylation sites (N-methyl/N-ethyl adjacent to an activating group) is 1. The maximum absolute atomic E-state index is 12.6. The van der Waals surface area contributed by atoms with Crippen LogP contribution in [0.3, 0.4) is 0 Å². The summed E-state index contributed by atoms with van der Waals surface area (Å²) in [6, 6.07) is 13.1. The lowest BCUT2D eigenvalue weighted by Gasteiger charge is -2.38. The molecule has 0 saturated heterocycles. The maximum Gasteiger partial charge on any atom is 0.246 e. The van der Waals surface area contributed by atoms with Gasteiger partial charge in [0.2, 0.25) is 5.91 Å². The van der Waals surface area contributed by atoms with Crippen LogP contribution in [0.2, 0.25) is 5.02 Å². The first-order valence-electron chi connectivity index (χ1n) is 10.8. The zero-order valence-corrected chi connectivity index (χ0v) is 20.2. The first-order chi connectivity index (χ1) is 15.1. The Morgan fingerprint density at radius 2 is 1.81 bits per heavy atom. The summed E-state index contributed by atoms with van der Waals surface area (Å²) in [5.41, 5.74) is 5.17. The Morgan fingerprint density at radius 1 is 1.09 bits per heavy atom. The molecule has 2 unspecified atom stereocenters. The average Bonchev–Trinajstić information content (AvgIpc) is 2.87. The molecule has 5 nitrogen and oxygen atoms in total. The van der Waals surface area contributed by atoms with Crippen LogP contribution in [0.1, 0.15) is 48.9 Å². The van der Waals surface area contributed by atoms with Gasteiger partial charge in [-0.15, -0.1) is 0 Å². The van der Waals surface area contributed by atoms with Gasteiger partial charge < -0.3 is 4.90 Å². The molecule has 0 aromatic heterocycles. The number of aliphatic imine (C=N–C) groups is 1. The van der Waals surface area contributed by atoms with Crippen LogP contribution in [0.4, 0.5) is 0 Å². The molecule has 2 aromatic rings. The molecule has 1 amide bonds. The zero-order chi connectivity index (χ0) is 23.2. The molecule has 32 heavy (non-hydrogen) atoms. The molecule has 2 heterocycles. The van der Waals surface area contributed by atoms with Crippen LogP contribution in [0.15, 0.2) is 59.1 Å². The Hall–Kier alpha value is -2.44. The summed E-state index contributed by atoms with van der Waals surface area (Å²) in [4.78, 5) is 19.4. The highest BCUT2D eigenvalue weighted by Crippen LogP contribution is 2.42. The third-order valence-electron chi connectivity index (χ3n) is 6.56. The fraction of sp³-hybridized carbons (Fsp3) is 0.360. The molecule has 0 bridgehead atoms. The summed E-state index contributed by atoms with van der Waals surface area (Å²) in [6.07, 6.45) is 1.69. The number of hydrogen-bond donors (Lipinski definition) is 0. The van der Waals surface area contributed by atoms with Crippen molar-refractivity contribution in [1.29, 1.82) is 0 Å². The monoisotopic (exact) mass is 470 g/mol. The van der Waals surface area contributed by atoms with E-state index in [2.05, 4.69) is 0 Å². The number of rotatable bonds is 4. The van der Waals surface area contributed by atoms with Gasteiger partial charge in [0.25, 0.3) is 0 Å². The Labute approximate surface area is 194 Å². The van der Waals surface area contributed by atoms with E-state index in [0.29, 0.717) is 5.02 Å². The van der Waals surface area contributed by atoms with Gasteiger partial charge in [-0.1, -0.05) is 54.9 Å². The molecule has 7 heteroatoms. The van der Waals surface area contributed by atoms with Gasteiger partial charge in [0.05, 0.1) is 17.5 Å². The molecule has 0 spiro atoms. The highest BCUT2D eigenvalue weighted by molar-refractivity contribution is 7.90. The standard InChI is InChI=1S/C25H27ClN2O3S/c1-5-32(30,31)14-17-10-11-18-21(12-17)24-16(3)28(4)23(29)13-20(24)15(2)27-25(18)19-8-6-7-9-22(19)26/h6-13,15-16,24H,5,14H2,1-4H3/t15-,16?,24?/m0/s1. The summed E-state index contributed by atoms with van der Waals surface area (Å²) in [5.74, 6) is -0.0517. The Balaban J connectivity index is 1.98. The number of carbonyl (C=O) groups is 1. The molecule has 2 aliphatic rings. The first kappa shape index (κ1) is 22.7. The Bertz CT molecular complexity index is 1250. The minimum absolute atomic E-state index is 0.0141. The summed E-state index contributed by atoms with van der Waals surface area (Å²) >= 11 is 6.55. The van der Waals surface area contributed by atoms with E-state index in [1.54, 1.807) is 24.9 Å². The number of fused-ring (bicyclic) bond motifs is 3. The molecule has 168 valence electrons. The van der Waals surface area contributed by atoms with Crippen LogP contribution < -0.4 is 0 Å². The van der Waals surface area contributed by atoms with E-state index in [1.807, 2.05) is 56.3 Å². The van der Waals surface area contributed by atoms with Gasteiger partial charge in [-0.05, 0) is 36.6 Å². The number of halogens is 1. The van der Waals surface area contributed by atoms with E-state index < -0.39 is 9.84 Å². The maximum atomic E-state index is 12.6. The minimum Gasteiger partial charge on any atom is -0.339 e. The molecular formula is C25H27ClN2O3S. The predicted molar refractivity (Wildman–Crippen MR) is 129 cm³/mol. The van der Waals surface area contributed by atoms with Gasteiger partial charge in [0, 0.05) is 47.0 Å². The highest BCUT2D eigenvalue weighted by atomic mass is 35.5. The molecule has 0 aliphatic carbocycles. The topological polar surface area (TPSA) is 66.8 Å². The van der Waals surface area contributed by atoms with Crippen molar-refractivity contribution in [3.8, 4) is 0 Å². The Morgan fingerprint density at radius 3 is 2.50 bits per heavy atom. The number of nitrogens with zero attached hydrogens (tertiary/aromatic N) is 2. The normalized spacial score (nSPS) is 23.1. The van der Waals surface area contributed by atoms with Gasteiger partial charge in [-0.3, -0.25) is 9.79 Å². The van der Waals surface area contributed by atoms with Gasteiger partial charge in [-0.2, -0.15) is 0 Å². The smallest absolute Gasteiger partial charge is 0.246 e. The van der Waals surface area contributed by atoms with Crippen LogP contribution in [-0.4, -0.2) is 49.8 Å². The second-order valence-electron chi connectivity index (χ2n) is 8.54. The predicted octanol–water partition coefficient (Wildman–Crippen LogP) is 4.38. The van der Waals surface area contributed by atoms with Crippen LogP contribution in [0.25, 0.3) is 0 Å². The van der Waals surface area contributed by atoms with Crippen molar-refractivity contribution < 1.29 is 13.2 Å². The second kappa shape index (κ2) is 8.49. The SMILES string of the molecule is CCS(=O)(=O)Cc1ccc2c(c1)C1C(=CC(=O)N(C)C1C)[C@H](C)N=C2c1ccccc1Cl. The molecule has 3 atom stereocenters. The van der Waals surface area contributed by atoms with Crippen molar-refractivity contribution >= 4 is 33.1 Å². The van der Waals surface area contributed by atoms with Gasteiger partial charge in [0.1, 0.15) is 0 Å². The van der Waals surface area contributed by atoms with Crippen molar-refractivity contribution in [2.45, 2.75) is 44.5 Å². The number of hydrogen-bond acceptors (Lipinski definition) is 4. The van der Waals surface area contributed by atoms with Crippen molar-refractivity contribution in [1.82, 2.24) is 4.90 Å². The van der Waals surface area contributed by atoms with Gasteiger partial charge in [0.15, 0.2) is 9.84 Å². The van der Waals surface area contributed by atoms with E-state index in [1.165, 1.54) is 0 Å². The minimum atomic E-state index is -3.18. The van der Waals surface area contributed by atoms with Crippen molar-refractivity contribution in [3.63, 3.8) is 0 Å². The zero-order valence-electron chi connectivity index (χ0n) is 18.7. The van der Waals surface area contributed by atoms with E-state index in [4.69, 9.17) is 16.6 Å². The average molecular weight is 471 g/mol. The molecule has 0 saturated carbocycles. The lowest BCUT2D eigenvalue weighted by molar-refractivity contribution is -0.127. The van der Waals surface area contributed by atoms with Crippen molar-refractivity contribution in [2.24, 2.45) is 4.99 Å². The largest absolute Gasteiger partial charge is 0.339 e. The van der Waals surface area contributed by atoms with Crippen LogP contribution in [0.5, 0.6) is 0 Å². The van der Waals surface area contributed by atoms with Crippen LogP contribution in [-0.2, 0) is 20.4 Å². The van der Waals surface area contributed by atoms with E-state index >= 15 is 0 Å². The second-order valence-corrected chi connectivity index (χ2v) is 11.3. The Kier molecular flexibility index (Phi) is 6.03. The molecular weight excluding hydrogens is 444 g/mol. The molecule has 2 aromatic carbocycles. The summed E-state index contributed by atoms with van der Waals surface area (Å²) in [7, 11) is -1.38. The first-order valence-corrected chi connectivity index (χ1v) is 13.0. The fourth-order valence-electron chi connectivity index (χ4n) is 4.59. The number of carbonyl (C=O) groups excluding carboxylic acids is 1. The third-order valence-corrected chi connectivity index (χ3v) is 8.54. The van der Waals surface area contributed by atoms with Gasteiger partial charge >= 0.3 is 0 Å². The fourth-order valence-corrected chi connectivity index (χ4v) is 5.71. The van der Waals surface area contributed by atoms with E-state index in [-0.39, 0.29) is 35.4 Å². The number of benzene rings is 2. The third kappa shape index (κ3) is 4.02. The quantitative estimate of drug-likeness (QED) is 0.665. The van der Waals surface area contributed by atoms with E-state index in [9.17, 15) is 13.2 Å². The number of sulfone groups is 1. The van der Waals surface area contributed by atoms with Crippen LogP contribution >= 0.6 is 11.6 Å². The molecule has 0 fully saturated rings. The van der Waals surface area contributed by atoms with Crippen molar-refractivity contribution in [2.75, 3.05) is 12.8 Å². The molecule has 4 rings (SSSR count). The van der Waals surface area contributed by atoms with Crippen LogP contribution in [0, 0.1) is 0 Å². The summed E-state index contributed by atoms with van der Waals surface area (Å²) in [5, 5.41) is 0.599. The molecule has 0 N–H and O–H groups in total.